The molecular formula is C14H31N3OS. The Morgan fingerprint density at radius 1 is 1.26 bits per heavy atom. The van der Waals surface area contributed by atoms with Crippen LogP contribution in [0, 0.1) is 5.92 Å². The normalized spacial score (nSPS) is 22.9. The van der Waals surface area contributed by atoms with E-state index in [0.29, 0.717) is 11.4 Å². The van der Waals surface area contributed by atoms with E-state index in [1.807, 2.05) is 0 Å². The van der Waals surface area contributed by atoms with Crippen molar-refractivity contribution in [1.29, 1.82) is 0 Å². The van der Waals surface area contributed by atoms with E-state index in [0.717, 1.165) is 58.3 Å². The summed E-state index contributed by atoms with van der Waals surface area (Å²) in [5.74, 6) is 0.727. The summed E-state index contributed by atoms with van der Waals surface area (Å²) >= 11 is 4.36. The van der Waals surface area contributed by atoms with Gasteiger partial charge in [-0.3, -0.25) is 4.90 Å². The Balaban J connectivity index is 2.08. The quantitative estimate of drug-likeness (QED) is 0.434. The van der Waals surface area contributed by atoms with Gasteiger partial charge < -0.3 is 15.4 Å². The number of nitrogens with zero attached hydrogens (tertiary/aromatic N) is 1. The monoisotopic (exact) mass is 289 g/mol. The molecule has 0 saturated carbocycles. The first-order chi connectivity index (χ1) is 9.08. The topological polar surface area (TPSA) is 36.5 Å². The number of morpholine rings is 1. The molecule has 19 heavy (non-hydrogen) atoms. The maximum atomic E-state index is 5.79. The zero-order valence-electron chi connectivity index (χ0n) is 12.7. The summed E-state index contributed by atoms with van der Waals surface area (Å²) in [5, 5.41) is 7.31. The van der Waals surface area contributed by atoms with Gasteiger partial charge in [0.15, 0.2) is 0 Å². The molecule has 0 aromatic carbocycles. The first-order valence-corrected chi connectivity index (χ1v) is 8.03. The molecular weight excluding hydrogens is 258 g/mol. The highest BCUT2D eigenvalue weighted by Gasteiger charge is 2.19. The number of ether oxygens (including phenoxy) is 1. The van der Waals surface area contributed by atoms with E-state index < -0.39 is 0 Å². The highest BCUT2D eigenvalue weighted by atomic mass is 32.1. The largest absolute Gasteiger partial charge is 0.374 e. The van der Waals surface area contributed by atoms with Crippen molar-refractivity contribution in [2.45, 2.75) is 32.1 Å². The van der Waals surface area contributed by atoms with E-state index in [4.69, 9.17) is 4.74 Å². The molecule has 0 amide bonds. The Kier molecular flexibility index (Phi) is 9.07. The third-order valence-corrected chi connectivity index (χ3v) is 3.37. The summed E-state index contributed by atoms with van der Waals surface area (Å²) in [6, 6.07) is 0. The fourth-order valence-electron chi connectivity index (χ4n) is 2.19. The van der Waals surface area contributed by atoms with Crippen molar-refractivity contribution in [2.75, 3.05) is 52.4 Å². The van der Waals surface area contributed by atoms with Crippen molar-refractivity contribution in [2.24, 2.45) is 5.92 Å². The molecule has 1 heterocycles. The molecule has 5 heteroatoms. The minimum Gasteiger partial charge on any atom is -0.374 e. The van der Waals surface area contributed by atoms with Crippen molar-refractivity contribution < 1.29 is 4.74 Å². The Morgan fingerprint density at radius 2 is 2.05 bits per heavy atom. The second-order valence-electron chi connectivity index (χ2n) is 5.90. The maximum Gasteiger partial charge on any atom is 0.0826 e. The van der Waals surface area contributed by atoms with Gasteiger partial charge in [-0.2, -0.15) is 12.6 Å². The number of nitrogens with one attached hydrogen (secondary N) is 2. The number of hydrogen-bond acceptors (Lipinski definition) is 5. The van der Waals surface area contributed by atoms with Gasteiger partial charge in [-0.15, -0.1) is 0 Å². The van der Waals surface area contributed by atoms with Crippen LogP contribution in [0.15, 0.2) is 0 Å². The van der Waals surface area contributed by atoms with Gasteiger partial charge >= 0.3 is 0 Å². The van der Waals surface area contributed by atoms with Gasteiger partial charge in [0.1, 0.15) is 0 Å². The summed E-state index contributed by atoms with van der Waals surface area (Å²) in [6.45, 7) is 14.7. The van der Waals surface area contributed by atoms with E-state index in [2.05, 4.69) is 48.9 Å². The average Bonchev–Trinajstić information content (AvgIpc) is 2.34. The zero-order valence-corrected chi connectivity index (χ0v) is 13.6. The van der Waals surface area contributed by atoms with Gasteiger partial charge in [0.25, 0.3) is 0 Å². The van der Waals surface area contributed by atoms with Crippen molar-refractivity contribution >= 4 is 12.6 Å². The van der Waals surface area contributed by atoms with Crippen LogP contribution >= 0.6 is 12.6 Å². The van der Waals surface area contributed by atoms with E-state index in [9.17, 15) is 0 Å². The van der Waals surface area contributed by atoms with Crippen molar-refractivity contribution in [3.05, 3.63) is 0 Å². The molecule has 0 spiro atoms. The summed E-state index contributed by atoms with van der Waals surface area (Å²) in [4.78, 5) is 2.49. The Bertz CT molecular complexity index is 227. The third kappa shape index (κ3) is 8.87. The van der Waals surface area contributed by atoms with Gasteiger partial charge in [-0.25, -0.2) is 0 Å². The molecule has 2 atom stereocenters. The molecule has 0 aliphatic carbocycles. The Hall–Kier alpha value is 0.190. The Morgan fingerprint density at radius 3 is 2.74 bits per heavy atom. The van der Waals surface area contributed by atoms with Crippen LogP contribution in [-0.2, 0) is 4.74 Å². The lowest BCUT2D eigenvalue weighted by Crippen LogP contribution is -2.48. The molecule has 0 bridgehead atoms. The summed E-state index contributed by atoms with van der Waals surface area (Å²) in [7, 11) is 0. The lowest BCUT2D eigenvalue weighted by Gasteiger charge is -2.33. The fraction of sp³-hybridized carbons (Fsp3) is 1.00. The van der Waals surface area contributed by atoms with Crippen molar-refractivity contribution in [3.8, 4) is 0 Å². The molecule has 1 aliphatic heterocycles. The summed E-state index contributed by atoms with van der Waals surface area (Å²) < 4.78 is 5.79. The fourth-order valence-corrected chi connectivity index (χ4v) is 2.32. The summed E-state index contributed by atoms with van der Waals surface area (Å²) in [5.41, 5.74) is 0. The van der Waals surface area contributed by atoms with Crippen molar-refractivity contribution in [1.82, 2.24) is 15.5 Å². The van der Waals surface area contributed by atoms with E-state index in [1.54, 1.807) is 0 Å². The number of thiol groups is 1. The minimum atomic E-state index is 0.325. The van der Waals surface area contributed by atoms with Crippen LogP contribution in [0.5, 0.6) is 0 Å². The molecule has 1 rings (SSSR count). The van der Waals surface area contributed by atoms with Crippen LogP contribution in [0.1, 0.15) is 20.8 Å². The molecule has 1 aliphatic rings. The molecule has 1 unspecified atom stereocenters. The van der Waals surface area contributed by atoms with Crippen LogP contribution in [0.4, 0.5) is 0 Å². The smallest absolute Gasteiger partial charge is 0.0826 e. The summed E-state index contributed by atoms with van der Waals surface area (Å²) in [6.07, 6.45) is 0.325. The van der Waals surface area contributed by atoms with E-state index in [-0.39, 0.29) is 0 Å². The first kappa shape index (κ1) is 17.2. The van der Waals surface area contributed by atoms with Gasteiger partial charge in [0, 0.05) is 44.5 Å². The zero-order chi connectivity index (χ0) is 14.1. The van der Waals surface area contributed by atoms with Gasteiger partial charge in [-0.1, -0.05) is 20.8 Å². The predicted octanol–water partition coefficient (Wildman–Crippen LogP) is 0.841. The predicted molar refractivity (Wildman–Crippen MR) is 85.2 cm³/mol. The number of rotatable bonds is 9. The van der Waals surface area contributed by atoms with Crippen molar-refractivity contribution in [3.63, 3.8) is 0 Å². The maximum absolute atomic E-state index is 5.79. The molecule has 4 nitrogen and oxygen atoms in total. The first-order valence-electron chi connectivity index (χ1n) is 7.51. The van der Waals surface area contributed by atoms with Gasteiger partial charge in [0.2, 0.25) is 0 Å². The second-order valence-corrected chi connectivity index (χ2v) is 6.78. The second kappa shape index (κ2) is 10.00. The van der Waals surface area contributed by atoms with E-state index >= 15 is 0 Å². The molecule has 1 saturated heterocycles. The van der Waals surface area contributed by atoms with Gasteiger partial charge in [0.05, 0.1) is 12.7 Å². The molecule has 0 aromatic heterocycles. The molecule has 114 valence electrons. The Labute approximate surface area is 124 Å². The molecule has 2 N–H and O–H groups in total. The van der Waals surface area contributed by atoms with Crippen LogP contribution in [0.3, 0.4) is 0 Å². The number of hydrogen-bond donors (Lipinski definition) is 3. The third-order valence-electron chi connectivity index (χ3n) is 3.19. The van der Waals surface area contributed by atoms with Crippen LogP contribution in [0.2, 0.25) is 0 Å². The SMILES string of the molecule is CC(C)CNCCN1CCO[C@@H](CNCC(C)S)C1. The lowest BCUT2D eigenvalue weighted by atomic mass is 10.2. The highest BCUT2D eigenvalue weighted by Crippen LogP contribution is 2.04. The standard InChI is InChI=1S/C14H31N3OS/c1-12(2)8-15-4-5-17-6-7-18-14(11-17)10-16-9-13(3)19/h12-16,19H,4-11H2,1-3H3/t13?,14-/m0/s1. The van der Waals surface area contributed by atoms with Crippen LogP contribution in [-0.4, -0.2) is 68.7 Å². The van der Waals surface area contributed by atoms with Crippen LogP contribution in [0.25, 0.3) is 0 Å². The average molecular weight is 289 g/mol. The lowest BCUT2D eigenvalue weighted by molar-refractivity contribution is -0.0264. The van der Waals surface area contributed by atoms with Crippen LogP contribution < -0.4 is 10.6 Å². The van der Waals surface area contributed by atoms with Gasteiger partial charge in [-0.05, 0) is 12.5 Å². The molecule has 1 fully saturated rings. The molecule has 0 aromatic rings. The molecule has 0 radical (unpaired) electrons. The minimum absolute atomic E-state index is 0.325. The van der Waals surface area contributed by atoms with E-state index in [1.165, 1.54) is 0 Å². The highest BCUT2D eigenvalue weighted by molar-refractivity contribution is 7.80.